The van der Waals surface area contributed by atoms with Crippen LogP contribution in [0.2, 0.25) is 0 Å². The summed E-state index contributed by atoms with van der Waals surface area (Å²) in [5.41, 5.74) is -14.3. The number of hydrogen-bond acceptors (Lipinski definition) is 2. The first-order chi connectivity index (χ1) is 34.1. The lowest BCUT2D eigenvalue weighted by molar-refractivity contribution is -0.597. The van der Waals surface area contributed by atoms with Crippen LogP contribution in [0.1, 0.15) is 0 Å². The Labute approximate surface area is 410 Å². The van der Waals surface area contributed by atoms with E-state index in [9.17, 15) is 52.7 Å². The minimum absolute atomic E-state index is 0.136. The van der Waals surface area contributed by atoms with Gasteiger partial charge < -0.3 is 0 Å². The number of hydrogen-bond donors (Lipinski definition) is 0. The quantitative estimate of drug-likeness (QED) is 0.0440. The van der Waals surface area contributed by atoms with Crippen LogP contribution in [-0.4, -0.2) is 6.15 Å². The maximum absolute atomic E-state index is 15.4. The van der Waals surface area contributed by atoms with Gasteiger partial charge in [0.25, 0.3) is 0 Å². The van der Waals surface area contributed by atoms with Crippen molar-refractivity contribution in [2.75, 3.05) is 0 Å². The Bertz CT molecular complexity index is 2900. The molecule has 0 aliphatic heterocycles. The third-order valence-corrected chi connectivity index (χ3v) is 15.2. The highest BCUT2D eigenvalue weighted by atomic mass is 127. The highest BCUT2D eigenvalue weighted by molar-refractivity contribution is 7.99. The summed E-state index contributed by atoms with van der Waals surface area (Å²) in [4.78, 5) is 5.16. The maximum Gasteiger partial charge on any atom is 0.357 e. The molecule has 372 valence electrons. The molecule has 0 nitrogen and oxygen atoms in total. The van der Waals surface area contributed by atoms with Gasteiger partial charge in [0.1, 0.15) is 52.7 Å². The molecule has 0 heterocycles. The average Bonchev–Trinajstić information content (AvgIpc) is 3.38. The van der Waals surface area contributed by atoms with Crippen LogP contribution in [0.5, 0.6) is 0 Å². The molecule has 0 amide bonds. The van der Waals surface area contributed by atoms with E-state index >= 15 is 35.1 Å². The lowest BCUT2D eigenvalue weighted by Crippen LogP contribution is -3.61. The minimum Gasteiger partial charge on any atom is -0.207 e. The first kappa shape index (κ1) is 53.6. The van der Waals surface area contributed by atoms with E-state index in [0.29, 0.717) is 0 Å². The number of rotatable bonds is 10. The van der Waals surface area contributed by atoms with Crippen molar-refractivity contribution >= 4 is 51.5 Å². The highest BCUT2D eigenvalue weighted by Crippen LogP contribution is 2.32. The second-order valence-electron chi connectivity index (χ2n) is 14.6. The zero-order chi connectivity index (χ0) is 52.7. The van der Waals surface area contributed by atoms with Crippen LogP contribution in [0.15, 0.2) is 129 Å². The largest absolute Gasteiger partial charge is 0.357 e. The van der Waals surface area contributed by atoms with Crippen molar-refractivity contribution in [1.82, 2.24) is 0 Å². The summed E-state index contributed by atoms with van der Waals surface area (Å²) >= 11 is 3.49. The Kier molecular flexibility index (Phi) is 16.0. The van der Waals surface area contributed by atoms with Crippen LogP contribution in [0.4, 0.5) is 87.8 Å². The second kappa shape index (κ2) is 21.5. The standard InChI is InChI=1S/C24BF20.C24H18IS2/c26-5-1(6(27)14(35)21(42)13(5)34)25(2-7(28)15(36)22(43)16(37)8(2)29,3-9(30)17(38)23(44)18(39)10(3)31)4-11(32)19(40)24(45)20(41)12(4)33;1-3-7-21(8-4-1)26-23-15-11-19(12-16-23)25-20-13-17-24(18-14-20)27-22-9-5-2-6-10-22/h;1-18H/q-1;+1. The van der Waals surface area contributed by atoms with E-state index in [4.69, 9.17) is 0 Å². The summed E-state index contributed by atoms with van der Waals surface area (Å²) in [5.74, 6) is -71.4. The first-order valence-corrected chi connectivity index (χ1v) is 23.4. The predicted molar refractivity (Wildman–Crippen MR) is 221 cm³/mol. The Balaban J connectivity index is 0.000000238. The van der Waals surface area contributed by atoms with Crippen molar-refractivity contribution in [3.05, 3.63) is 233 Å². The van der Waals surface area contributed by atoms with Crippen molar-refractivity contribution in [2.45, 2.75) is 19.6 Å². The summed E-state index contributed by atoms with van der Waals surface area (Å²) in [7, 11) is 0. The maximum atomic E-state index is 15.4. The molecule has 0 N–H and O–H groups in total. The smallest absolute Gasteiger partial charge is 0.207 e. The molecule has 0 saturated heterocycles. The molecule has 0 saturated carbocycles. The lowest BCUT2D eigenvalue weighted by Gasteiger charge is -2.44. The Hall–Kier alpha value is -6.15. The monoisotopic (exact) mass is 1180 g/mol. The molecular formula is C48H18BF20IS2. The van der Waals surface area contributed by atoms with Crippen LogP contribution >= 0.6 is 23.5 Å². The molecule has 8 rings (SSSR count). The molecule has 0 radical (unpaired) electrons. The molecule has 0 aromatic heterocycles. The van der Waals surface area contributed by atoms with Crippen molar-refractivity contribution in [3.8, 4) is 0 Å². The van der Waals surface area contributed by atoms with Gasteiger partial charge in [-0.25, -0.2) is 87.8 Å². The molecule has 8 aromatic rings. The van der Waals surface area contributed by atoms with Gasteiger partial charge in [0.05, 0.1) is 0 Å². The Morgan fingerprint density at radius 1 is 0.222 bits per heavy atom. The summed E-state index contributed by atoms with van der Waals surface area (Å²) in [6.45, 7) is 0. The number of halogens is 21. The number of benzene rings is 8. The minimum atomic E-state index is -7.22. The van der Waals surface area contributed by atoms with E-state index < -0.39 is 144 Å². The van der Waals surface area contributed by atoms with Gasteiger partial charge in [0.2, 0.25) is 0 Å². The van der Waals surface area contributed by atoms with Crippen LogP contribution < -0.4 is 43.1 Å². The fourth-order valence-electron chi connectivity index (χ4n) is 7.38. The van der Waals surface area contributed by atoms with E-state index in [1.54, 1.807) is 0 Å². The topological polar surface area (TPSA) is 0 Å². The van der Waals surface area contributed by atoms with Crippen LogP contribution in [0, 0.1) is 123 Å². The molecular weight excluding hydrogens is 1160 g/mol. The van der Waals surface area contributed by atoms with Gasteiger partial charge in [-0.15, -0.1) is 21.9 Å². The summed E-state index contributed by atoms with van der Waals surface area (Å²) < 4.78 is 297. The van der Waals surface area contributed by atoms with Crippen molar-refractivity contribution < 1.29 is 109 Å². The van der Waals surface area contributed by atoms with E-state index in [0.717, 1.165) is 0 Å². The van der Waals surface area contributed by atoms with E-state index in [1.807, 2.05) is 23.5 Å². The fourth-order valence-corrected chi connectivity index (χ4v) is 11.2. The molecule has 0 aliphatic carbocycles. The molecule has 0 bridgehead atoms. The predicted octanol–water partition coefficient (Wildman–Crippen LogP) is 9.96. The average molecular weight is 1180 g/mol. The normalized spacial score (nSPS) is 11.5. The van der Waals surface area contributed by atoms with Crippen molar-refractivity contribution in [3.63, 3.8) is 0 Å². The summed E-state index contributed by atoms with van der Waals surface area (Å²) in [5, 5.41) is 0. The van der Waals surface area contributed by atoms with E-state index in [-0.39, 0.29) is 21.2 Å². The molecule has 24 heteroatoms. The summed E-state index contributed by atoms with van der Waals surface area (Å²) in [6.07, 6.45) is -7.22. The fraction of sp³-hybridized carbons (Fsp3) is 0. The van der Waals surface area contributed by atoms with Gasteiger partial charge in [0.15, 0.2) is 76.9 Å². The molecule has 0 fully saturated rings. The highest BCUT2D eigenvalue weighted by Gasteiger charge is 2.52. The zero-order valence-corrected chi connectivity index (χ0v) is 38.5. The molecule has 0 aliphatic rings. The Morgan fingerprint density at radius 2 is 0.403 bits per heavy atom. The molecule has 0 spiro atoms. The third-order valence-electron chi connectivity index (χ3n) is 10.5. The van der Waals surface area contributed by atoms with Gasteiger partial charge in [-0.05, 0) is 72.8 Å². The van der Waals surface area contributed by atoms with Crippen molar-refractivity contribution in [1.29, 1.82) is 0 Å². The molecule has 72 heavy (non-hydrogen) atoms. The molecule has 0 atom stereocenters. The van der Waals surface area contributed by atoms with Gasteiger partial charge >= 0.3 is 21.2 Å². The lowest BCUT2D eigenvalue weighted by atomic mass is 9.12. The zero-order valence-electron chi connectivity index (χ0n) is 34.7. The van der Waals surface area contributed by atoms with Gasteiger partial charge in [0, 0.05) is 19.6 Å². The molecule has 8 aromatic carbocycles. The van der Waals surface area contributed by atoms with Gasteiger partial charge in [-0.1, -0.05) is 59.9 Å². The molecule has 0 unspecified atom stereocenters. The Morgan fingerprint density at radius 3 is 0.611 bits per heavy atom. The van der Waals surface area contributed by atoms with E-state index in [1.165, 1.54) is 26.7 Å². The van der Waals surface area contributed by atoms with Gasteiger partial charge in [-0.3, -0.25) is 0 Å². The van der Waals surface area contributed by atoms with Gasteiger partial charge in [-0.2, -0.15) is 0 Å². The van der Waals surface area contributed by atoms with Crippen LogP contribution in [0.3, 0.4) is 0 Å². The van der Waals surface area contributed by atoms with Crippen LogP contribution in [-0.2, 0) is 0 Å². The second-order valence-corrected chi connectivity index (χ2v) is 20.0. The van der Waals surface area contributed by atoms with Crippen molar-refractivity contribution in [2.24, 2.45) is 0 Å². The SMILES string of the molecule is Fc1c(F)c(F)c([B-](c2c(F)c(F)c(F)c(F)c2F)(c2c(F)c(F)c(F)c(F)c2F)c2c(F)c(F)c(F)c(F)c2F)c(F)c1F.c1ccc(Sc2ccc([I+]c3ccc(Sc4ccccc4)cc3)cc2)cc1. The summed E-state index contributed by atoms with van der Waals surface area (Å²) in [6, 6.07) is 39.2. The first-order valence-electron chi connectivity index (χ1n) is 19.6. The van der Waals surface area contributed by atoms with Crippen LogP contribution in [0.25, 0.3) is 0 Å². The van der Waals surface area contributed by atoms with E-state index in [2.05, 4.69) is 109 Å². The third kappa shape index (κ3) is 9.63.